The summed E-state index contributed by atoms with van der Waals surface area (Å²) >= 11 is 0. The average molecular weight is 404 g/mol. The molecular weight excluding hydrogens is 378 g/mol. The topological polar surface area (TPSA) is 79.0 Å². The molecule has 1 unspecified atom stereocenters. The van der Waals surface area contributed by atoms with E-state index >= 15 is 0 Å². The third-order valence-corrected chi connectivity index (χ3v) is 6.74. The summed E-state index contributed by atoms with van der Waals surface area (Å²) in [6, 6.07) is 6.28. The molecule has 3 rings (SSSR count). The van der Waals surface area contributed by atoms with E-state index in [1.165, 1.54) is 12.1 Å². The van der Waals surface area contributed by atoms with Gasteiger partial charge >= 0.3 is 0 Å². The summed E-state index contributed by atoms with van der Waals surface area (Å²) in [6.45, 7) is 3.41. The molecule has 1 aromatic rings. The fourth-order valence-corrected chi connectivity index (χ4v) is 5.11. The van der Waals surface area contributed by atoms with E-state index in [2.05, 4.69) is 5.32 Å². The molecule has 0 spiro atoms. The van der Waals surface area contributed by atoms with Crippen molar-refractivity contribution in [3.8, 4) is 0 Å². The zero-order valence-corrected chi connectivity index (χ0v) is 16.5. The summed E-state index contributed by atoms with van der Waals surface area (Å²) < 4.78 is 32.6. The molecule has 146 valence electrons. The number of sulfonamides is 1. The van der Waals surface area contributed by atoms with Gasteiger partial charge in [0.25, 0.3) is 5.91 Å². The largest absolute Gasteiger partial charge is 0.378 e. The number of ether oxygens (including phenoxy) is 1. The maximum absolute atomic E-state index is 12.9. The lowest BCUT2D eigenvalue weighted by molar-refractivity contribution is 0.0303. The highest BCUT2D eigenvalue weighted by Crippen LogP contribution is 2.26. The zero-order chi connectivity index (χ0) is 17.9. The van der Waals surface area contributed by atoms with Crippen LogP contribution in [0.3, 0.4) is 0 Å². The van der Waals surface area contributed by atoms with Crippen LogP contribution >= 0.6 is 12.4 Å². The van der Waals surface area contributed by atoms with Crippen molar-refractivity contribution < 1.29 is 17.9 Å². The van der Waals surface area contributed by atoms with Gasteiger partial charge in [-0.3, -0.25) is 4.79 Å². The Morgan fingerprint density at radius 3 is 2.46 bits per heavy atom. The fraction of sp³-hybridized carbons (Fsp3) is 0.588. The molecule has 2 saturated heterocycles. The standard InChI is InChI=1S/C17H25N3O4S.ClH/c1-18-13-15-3-2-8-20(15)25(22,23)16-6-4-14(5-7-16)17(21)19-9-11-24-12-10-19;/h4-7,15,18H,2-3,8-13H2,1H3;1H. The highest BCUT2D eigenvalue weighted by Gasteiger charge is 2.34. The summed E-state index contributed by atoms with van der Waals surface area (Å²) in [6.07, 6.45) is 1.74. The van der Waals surface area contributed by atoms with Crippen molar-refractivity contribution in [3.63, 3.8) is 0 Å². The molecule has 1 N–H and O–H groups in total. The summed E-state index contributed by atoms with van der Waals surface area (Å²) in [4.78, 5) is 14.4. The first kappa shape index (κ1) is 21.1. The van der Waals surface area contributed by atoms with E-state index in [4.69, 9.17) is 4.74 Å². The number of likely N-dealkylation sites (N-methyl/N-ethyl adjacent to an activating group) is 1. The maximum atomic E-state index is 12.9. The quantitative estimate of drug-likeness (QED) is 0.792. The molecule has 0 aromatic heterocycles. The lowest BCUT2D eigenvalue weighted by Crippen LogP contribution is -2.41. The predicted molar refractivity (Wildman–Crippen MR) is 101 cm³/mol. The van der Waals surface area contributed by atoms with Crippen LogP contribution in [-0.2, 0) is 14.8 Å². The molecule has 0 saturated carbocycles. The van der Waals surface area contributed by atoms with Crippen LogP contribution in [0.5, 0.6) is 0 Å². The SMILES string of the molecule is CNCC1CCCN1S(=O)(=O)c1ccc(C(=O)N2CCOCC2)cc1.Cl. The number of benzene rings is 1. The number of hydrogen-bond acceptors (Lipinski definition) is 5. The second-order valence-corrected chi connectivity index (χ2v) is 8.29. The molecule has 1 aromatic carbocycles. The van der Waals surface area contributed by atoms with Crippen LogP contribution in [-0.4, -0.2) is 76.0 Å². The van der Waals surface area contributed by atoms with Crippen LogP contribution < -0.4 is 5.32 Å². The number of carbonyl (C=O) groups excluding carboxylic acids is 1. The van der Waals surface area contributed by atoms with E-state index in [1.807, 2.05) is 7.05 Å². The Hall–Kier alpha value is -1.19. The van der Waals surface area contributed by atoms with E-state index in [0.29, 0.717) is 45.0 Å². The van der Waals surface area contributed by atoms with Gasteiger partial charge in [0.1, 0.15) is 0 Å². The summed E-state index contributed by atoms with van der Waals surface area (Å²) in [7, 11) is -1.70. The van der Waals surface area contributed by atoms with Gasteiger partial charge in [-0.1, -0.05) is 0 Å². The average Bonchev–Trinajstić information content (AvgIpc) is 3.11. The third-order valence-electron chi connectivity index (χ3n) is 4.77. The molecular formula is C17H26ClN3O4S. The van der Waals surface area contributed by atoms with E-state index < -0.39 is 10.0 Å². The van der Waals surface area contributed by atoms with E-state index in [0.717, 1.165) is 12.8 Å². The fourth-order valence-electron chi connectivity index (χ4n) is 3.42. The van der Waals surface area contributed by atoms with Gasteiger partial charge in [0, 0.05) is 37.8 Å². The number of hydrogen-bond donors (Lipinski definition) is 1. The predicted octanol–water partition coefficient (Wildman–Crippen LogP) is 0.953. The number of amides is 1. The Balaban J connectivity index is 0.00000243. The molecule has 9 heteroatoms. The first-order valence-electron chi connectivity index (χ1n) is 8.67. The number of morpholine rings is 1. The second kappa shape index (κ2) is 9.14. The van der Waals surface area contributed by atoms with E-state index in [1.54, 1.807) is 21.3 Å². The number of halogens is 1. The minimum atomic E-state index is -3.53. The second-order valence-electron chi connectivity index (χ2n) is 6.40. The van der Waals surface area contributed by atoms with Gasteiger partial charge in [-0.05, 0) is 44.2 Å². The molecule has 0 radical (unpaired) electrons. The smallest absolute Gasteiger partial charge is 0.254 e. The molecule has 2 aliphatic heterocycles. The molecule has 2 fully saturated rings. The molecule has 2 aliphatic rings. The zero-order valence-electron chi connectivity index (χ0n) is 14.9. The molecule has 1 amide bonds. The number of carbonyl (C=O) groups is 1. The first-order valence-corrected chi connectivity index (χ1v) is 10.1. The van der Waals surface area contributed by atoms with Gasteiger partial charge in [-0.25, -0.2) is 8.42 Å². The van der Waals surface area contributed by atoms with Gasteiger partial charge < -0.3 is 15.0 Å². The van der Waals surface area contributed by atoms with Crippen molar-refractivity contribution in [2.24, 2.45) is 0 Å². The van der Waals surface area contributed by atoms with Crippen molar-refractivity contribution in [1.82, 2.24) is 14.5 Å². The number of nitrogens with zero attached hydrogens (tertiary/aromatic N) is 2. The molecule has 2 heterocycles. The van der Waals surface area contributed by atoms with Crippen molar-refractivity contribution in [2.75, 3.05) is 46.4 Å². The monoisotopic (exact) mass is 403 g/mol. The summed E-state index contributed by atoms with van der Waals surface area (Å²) in [5, 5.41) is 3.06. The van der Waals surface area contributed by atoms with E-state index in [-0.39, 0.29) is 29.3 Å². The summed E-state index contributed by atoms with van der Waals surface area (Å²) in [5.41, 5.74) is 0.508. The highest BCUT2D eigenvalue weighted by molar-refractivity contribution is 7.89. The molecule has 0 bridgehead atoms. The first-order chi connectivity index (χ1) is 12.0. The van der Waals surface area contributed by atoms with Crippen LogP contribution in [0.2, 0.25) is 0 Å². The van der Waals surface area contributed by atoms with Crippen molar-refractivity contribution in [1.29, 1.82) is 0 Å². The van der Waals surface area contributed by atoms with Gasteiger partial charge in [0.05, 0.1) is 18.1 Å². The highest BCUT2D eigenvalue weighted by atomic mass is 35.5. The Bertz CT molecular complexity index is 705. The molecule has 0 aliphatic carbocycles. The van der Waals surface area contributed by atoms with Gasteiger partial charge in [-0.15, -0.1) is 12.4 Å². The molecule has 26 heavy (non-hydrogen) atoms. The van der Waals surface area contributed by atoms with Gasteiger partial charge in [0.15, 0.2) is 0 Å². The van der Waals surface area contributed by atoms with Crippen LogP contribution in [0.1, 0.15) is 23.2 Å². The summed E-state index contributed by atoms with van der Waals surface area (Å²) in [5.74, 6) is -0.0820. The van der Waals surface area contributed by atoms with Crippen LogP contribution in [0.15, 0.2) is 29.2 Å². The normalized spacial score (nSPS) is 21.4. The minimum absolute atomic E-state index is 0. The van der Waals surface area contributed by atoms with Crippen molar-refractivity contribution in [2.45, 2.75) is 23.8 Å². The van der Waals surface area contributed by atoms with Gasteiger partial charge in [0.2, 0.25) is 10.0 Å². The lowest BCUT2D eigenvalue weighted by atomic mass is 10.2. The van der Waals surface area contributed by atoms with Crippen molar-refractivity contribution in [3.05, 3.63) is 29.8 Å². The Morgan fingerprint density at radius 2 is 1.85 bits per heavy atom. The van der Waals surface area contributed by atoms with Crippen molar-refractivity contribution >= 4 is 28.3 Å². The Morgan fingerprint density at radius 1 is 1.19 bits per heavy atom. The van der Waals surface area contributed by atoms with Gasteiger partial charge in [-0.2, -0.15) is 4.31 Å². The molecule has 7 nitrogen and oxygen atoms in total. The number of rotatable bonds is 5. The van der Waals surface area contributed by atoms with E-state index in [9.17, 15) is 13.2 Å². The van der Waals surface area contributed by atoms with Crippen LogP contribution in [0.4, 0.5) is 0 Å². The Labute approximate surface area is 161 Å². The number of nitrogens with one attached hydrogen (secondary N) is 1. The Kier molecular flexibility index (Phi) is 7.42. The minimum Gasteiger partial charge on any atom is -0.378 e. The maximum Gasteiger partial charge on any atom is 0.254 e. The molecule has 1 atom stereocenters. The van der Waals surface area contributed by atoms with Crippen LogP contribution in [0, 0.1) is 0 Å². The third kappa shape index (κ3) is 4.37. The lowest BCUT2D eigenvalue weighted by Gasteiger charge is -2.27. The van der Waals surface area contributed by atoms with Crippen LogP contribution in [0.25, 0.3) is 0 Å².